The highest BCUT2D eigenvalue weighted by atomic mass is 16.2. The highest BCUT2D eigenvalue weighted by Gasteiger charge is 2.23. The maximum Gasteiger partial charge on any atom is 0.274 e. The molecule has 2 heterocycles. The molecule has 1 aliphatic heterocycles. The number of nitrogens with one attached hydrogen (secondary N) is 1. The lowest BCUT2D eigenvalue weighted by atomic mass is 10.0. The Balaban J connectivity index is 1.62. The Morgan fingerprint density at radius 1 is 1.04 bits per heavy atom. The molecule has 0 bridgehead atoms. The monoisotopic (exact) mass is 368 g/mol. The van der Waals surface area contributed by atoms with Gasteiger partial charge in [-0.25, -0.2) is 5.10 Å². The average molecular weight is 368 g/mol. The number of benzene rings is 1. The number of amides is 2. The maximum atomic E-state index is 12.7. The first-order chi connectivity index (χ1) is 12.9. The zero-order chi connectivity index (χ0) is 19.4. The van der Waals surface area contributed by atoms with Crippen LogP contribution < -0.4 is 5.56 Å². The Labute approximate surface area is 158 Å². The van der Waals surface area contributed by atoms with Crippen molar-refractivity contribution in [3.05, 3.63) is 63.1 Å². The molecule has 1 saturated heterocycles. The molecule has 2 amide bonds. The zero-order valence-electron chi connectivity index (χ0n) is 15.7. The summed E-state index contributed by atoms with van der Waals surface area (Å²) in [4.78, 5) is 39.9. The quantitative estimate of drug-likeness (QED) is 0.885. The van der Waals surface area contributed by atoms with Gasteiger partial charge in [0.25, 0.3) is 11.5 Å². The van der Waals surface area contributed by atoms with Crippen molar-refractivity contribution in [3.8, 4) is 0 Å². The molecule has 0 spiro atoms. The number of nitrogens with zero attached hydrogens (tertiary/aromatic N) is 3. The van der Waals surface area contributed by atoms with Crippen LogP contribution in [0.15, 0.2) is 35.1 Å². The van der Waals surface area contributed by atoms with Crippen LogP contribution in [0.1, 0.15) is 33.6 Å². The molecule has 3 rings (SSSR count). The van der Waals surface area contributed by atoms with Gasteiger partial charge in [0, 0.05) is 32.2 Å². The standard InChI is InChI=1S/C20H24N4O3/c1-14-4-5-16(15(2)12-14)13-19(26)23-8-3-9-24(11-10-23)20(27)17-6-7-18(25)22-21-17/h4-7,12H,3,8-11,13H2,1-2H3,(H,22,25). The number of aromatic nitrogens is 2. The highest BCUT2D eigenvalue weighted by Crippen LogP contribution is 2.14. The molecule has 0 aliphatic carbocycles. The fourth-order valence-electron chi connectivity index (χ4n) is 3.31. The number of carbonyl (C=O) groups is 2. The Morgan fingerprint density at radius 2 is 1.78 bits per heavy atom. The normalized spacial score (nSPS) is 14.7. The largest absolute Gasteiger partial charge is 0.341 e. The second-order valence-electron chi connectivity index (χ2n) is 6.94. The summed E-state index contributed by atoms with van der Waals surface area (Å²) in [6, 6.07) is 8.84. The van der Waals surface area contributed by atoms with E-state index in [1.807, 2.05) is 30.9 Å². The Kier molecular flexibility index (Phi) is 5.69. The Bertz CT molecular complexity index is 886. The zero-order valence-corrected chi connectivity index (χ0v) is 15.7. The SMILES string of the molecule is Cc1ccc(CC(=O)N2CCCN(C(=O)c3ccc(=O)[nH]n3)CC2)c(C)c1. The molecule has 1 aliphatic rings. The maximum absolute atomic E-state index is 12.7. The molecule has 0 saturated carbocycles. The van der Waals surface area contributed by atoms with E-state index in [9.17, 15) is 14.4 Å². The van der Waals surface area contributed by atoms with Crippen molar-refractivity contribution in [3.63, 3.8) is 0 Å². The summed E-state index contributed by atoms with van der Waals surface area (Å²) in [7, 11) is 0. The molecule has 0 radical (unpaired) electrons. The van der Waals surface area contributed by atoms with Crippen LogP contribution in [0.5, 0.6) is 0 Å². The van der Waals surface area contributed by atoms with Crippen LogP contribution in [-0.4, -0.2) is 58.0 Å². The van der Waals surface area contributed by atoms with E-state index in [-0.39, 0.29) is 23.1 Å². The number of aromatic amines is 1. The number of carbonyl (C=O) groups excluding carboxylic acids is 2. The van der Waals surface area contributed by atoms with Crippen molar-refractivity contribution in [1.29, 1.82) is 0 Å². The summed E-state index contributed by atoms with van der Waals surface area (Å²) in [6.07, 6.45) is 1.09. The molecule has 0 atom stereocenters. The van der Waals surface area contributed by atoms with Gasteiger partial charge in [-0.1, -0.05) is 23.8 Å². The summed E-state index contributed by atoms with van der Waals surface area (Å²) in [5, 5.41) is 6.08. The van der Waals surface area contributed by atoms with Gasteiger partial charge in [-0.05, 0) is 37.5 Å². The lowest BCUT2D eigenvalue weighted by Crippen LogP contribution is -2.38. The fourth-order valence-corrected chi connectivity index (χ4v) is 3.31. The van der Waals surface area contributed by atoms with Crippen LogP contribution in [0.4, 0.5) is 0 Å². The second kappa shape index (κ2) is 8.16. The number of H-pyrrole nitrogens is 1. The van der Waals surface area contributed by atoms with Crippen molar-refractivity contribution in [1.82, 2.24) is 20.0 Å². The average Bonchev–Trinajstić information content (AvgIpc) is 2.90. The van der Waals surface area contributed by atoms with Crippen LogP contribution in [0, 0.1) is 13.8 Å². The summed E-state index contributed by atoms with van der Waals surface area (Å²) >= 11 is 0. The van der Waals surface area contributed by atoms with E-state index >= 15 is 0 Å². The molecular formula is C20H24N4O3. The van der Waals surface area contributed by atoms with Gasteiger partial charge in [0.15, 0.2) is 0 Å². The van der Waals surface area contributed by atoms with Gasteiger partial charge < -0.3 is 9.80 Å². The highest BCUT2D eigenvalue weighted by molar-refractivity contribution is 5.92. The van der Waals surface area contributed by atoms with Crippen molar-refractivity contribution in [2.75, 3.05) is 26.2 Å². The van der Waals surface area contributed by atoms with Gasteiger partial charge in [0.05, 0.1) is 6.42 Å². The van der Waals surface area contributed by atoms with Gasteiger partial charge in [0.2, 0.25) is 5.91 Å². The molecule has 1 N–H and O–H groups in total. The minimum Gasteiger partial charge on any atom is -0.341 e. The third-order valence-corrected chi connectivity index (χ3v) is 4.87. The first-order valence-electron chi connectivity index (χ1n) is 9.13. The Hall–Kier alpha value is -2.96. The van der Waals surface area contributed by atoms with E-state index in [4.69, 9.17) is 0 Å². The fraction of sp³-hybridized carbons (Fsp3) is 0.400. The molecule has 1 aromatic heterocycles. The summed E-state index contributed by atoms with van der Waals surface area (Å²) in [6.45, 7) is 6.21. The molecular weight excluding hydrogens is 344 g/mol. The number of rotatable bonds is 3. The van der Waals surface area contributed by atoms with E-state index in [0.29, 0.717) is 39.0 Å². The van der Waals surface area contributed by atoms with Gasteiger partial charge in [0.1, 0.15) is 5.69 Å². The van der Waals surface area contributed by atoms with Crippen LogP contribution >= 0.6 is 0 Å². The summed E-state index contributed by atoms with van der Waals surface area (Å²) in [5.74, 6) is -0.145. The van der Waals surface area contributed by atoms with Crippen LogP contribution in [0.2, 0.25) is 0 Å². The first kappa shape index (κ1) is 18.8. The molecule has 7 heteroatoms. The van der Waals surface area contributed by atoms with Crippen molar-refractivity contribution in [2.45, 2.75) is 26.7 Å². The van der Waals surface area contributed by atoms with Gasteiger partial charge in [-0.2, -0.15) is 5.10 Å². The molecule has 27 heavy (non-hydrogen) atoms. The number of hydrogen-bond acceptors (Lipinski definition) is 4. The lowest BCUT2D eigenvalue weighted by Gasteiger charge is -2.22. The molecule has 0 unspecified atom stereocenters. The molecule has 7 nitrogen and oxygen atoms in total. The third kappa shape index (κ3) is 4.61. The van der Waals surface area contributed by atoms with Crippen LogP contribution in [0.25, 0.3) is 0 Å². The second-order valence-corrected chi connectivity index (χ2v) is 6.94. The van der Waals surface area contributed by atoms with E-state index in [2.05, 4.69) is 16.3 Å². The first-order valence-corrected chi connectivity index (χ1v) is 9.13. The van der Waals surface area contributed by atoms with E-state index in [1.54, 1.807) is 4.90 Å². The molecule has 142 valence electrons. The van der Waals surface area contributed by atoms with Crippen LogP contribution in [0.3, 0.4) is 0 Å². The smallest absolute Gasteiger partial charge is 0.274 e. The molecule has 1 fully saturated rings. The minimum absolute atomic E-state index is 0.0819. The third-order valence-electron chi connectivity index (χ3n) is 4.87. The van der Waals surface area contributed by atoms with Crippen molar-refractivity contribution >= 4 is 11.8 Å². The Morgan fingerprint density at radius 3 is 2.48 bits per heavy atom. The van der Waals surface area contributed by atoms with E-state index in [1.165, 1.54) is 17.7 Å². The van der Waals surface area contributed by atoms with Crippen molar-refractivity contribution in [2.24, 2.45) is 0 Å². The van der Waals surface area contributed by atoms with Gasteiger partial charge >= 0.3 is 0 Å². The minimum atomic E-state index is -0.342. The predicted molar refractivity (Wildman–Crippen MR) is 102 cm³/mol. The molecule has 2 aromatic rings. The summed E-state index contributed by atoms with van der Waals surface area (Å²) in [5.41, 5.74) is 3.22. The van der Waals surface area contributed by atoms with Gasteiger partial charge in [-0.3, -0.25) is 14.4 Å². The van der Waals surface area contributed by atoms with E-state index < -0.39 is 0 Å². The predicted octanol–water partition coefficient (Wildman–Crippen LogP) is 1.30. The summed E-state index contributed by atoms with van der Waals surface area (Å²) < 4.78 is 0. The van der Waals surface area contributed by atoms with Gasteiger partial charge in [-0.15, -0.1) is 0 Å². The lowest BCUT2D eigenvalue weighted by molar-refractivity contribution is -0.130. The van der Waals surface area contributed by atoms with E-state index in [0.717, 1.165) is 11.1 Å². The van der Waals surface area contributed by atoms with Crippen LogP contribution in [-0.2, 0) is 11.2 Å². The molecule has 1 aromatic carbocycles. The van der Waals surface area contributed by atoms with Crippen molar-refractivity contribution < 1.29 is 9.59 Å². The number of aryl methyl sites for hydroxylation is 2. The topological polar surface area (TPSA) is 86.4 Å². The number of hydrogen-bond donors (Lipinski definition) is 1.